The van der Waals surface area contributed by atoms with Crippen LogP contribution in [0.3, 0.4) is 0 Å². The molecule has 2 heterocycles. The molecular weight excluding hydrogens is 222 g/mol. The van der Waals surface area contributed by atoms with Crippen LogP contribution in [0, 0.1) is 0 Å². The summed E-state index contributed by atoms with van der Waals surface area (Å²) in [6.07, 6.45) is 5.58. The highest BCUT2D eigenvalue weighted by Gasteiger charge is 2.19. The van der Waals surface area contributed by atoms with Gasteiger partial charge in [0, 0.05) is 43.5 Å². The van der Waals surface area contributed by atoms with Gasteiger partial charge in [-0.2, -0.15) is 0 Å². The monoisotopic (exact) mass is 247 g/mol. The summed E-state index contributed by atoms with van der Waals surface area (Å²) < 4.78 is 0. The number of nitrogens with one attached hydrogen (secondary N) is 1. The molecule has 0 aromatic carbocycles. The number of piperidine rings is 1. The molecule has 1 fully saturated rings. The zero-order valence-corrected chi connectivity index (χ0v) is 11.6. The van der Waals surface area contributed by atoms with E-state index in [0.29, 0.717) is 12.1 Å². The number of nitrogens with zero attached hydrogens (tertiary/aromatic N) is 2. The molecule has 1 aromatic heterocycles. The van der Waals surface area contributed by atoms with Crippen LogP contribution in [0.1, 0.15) is 32.4 Å². The molecule has 0 saturated carbocycles. The third-order valence-corrected chi connectivity index (χ3v) is 3.48. The SMILES string of the molecule is CC(C)NC1CCCN(CCc2ccccn2)C1. The van der Waals surface area contributed by atoms with Crippen LogP contribution in [0.2, 0.25) is 0 Å². The van der Waals surface area contributed by atoms with Gasteiger partial charge >= 0.3 is 0 Å². The predicted molar refractivity (Wildman–Crippen MR) is 75.7 cm³/mol. The first kappa shape index (κ1) is 13.5. The normalized spacial score (nSPS) is 21.4. The Bertz CT molecular complexity index is 337. The summed E-state index contributed by atoms with van der Waals surface area (Å²) in [5.41, 5.74) is 1.21. The maximum atomic E-state index is 4.39. The van der Waals surface area contributed by atoms with Crippen molar-refractivity contribution in [3.8, 4) is 0 Å². The smallest absolute Gasteiger partial charge is 0.0416 e. The van der Waals surface area contributed by atoms with Gasteiger partial charge in [-0.1, -0.05) is 19.9 Å². The quantitative estimate of drug-likeness (QED) is 0.863. The van der Waals surface area contributed by atoms with E-state index < -0.39 is 0 Å². The number of likely N-dealkylation sites (tertiary alicyclic amines) is 1. The van der Waals surface area contributed by atoms with Gasteiger partial charge in [-0.25, -0.2) is 0 Å². The molecule has 18 heavy (non-hydrogen) atoms. The average molecular weight is 247 g/mol. The van der Waals surface area contributed by atoms with E-state index in [0.717, 1.165) is 13.0 Å². The molecular formula is C15H25N3. The number of hydrogen-bond acceptors (Lipinski definition) is 3. The number of hydrogen-bond donors (Lipinski definition) is 1. The van der Waals surface area contributed by atoms with Crippen molar-refractivity contribution in [3.05, 3.63) is 30.1 Å². The van der Waals surface area contributed by atoms with Crippen LogP contribution in [-0.4, -0.2) is 41.6 Å². The molecule has 0 aliphatic carbocycles. The highest BCUT2D eigenvalue weighted by Crippen LogP contribution is 2.11. The molecule has 3 nitrogen and oxygen atoms in total. The zero-order chi connectivity index (χ0) is 12.8. The minimum Gasteiger partial charge on any atom is -0.311 e. The molecule has 0 radical (unpaired) electrons. The van der Waals surface area contributed by atoms with Crippen LogP contribution in [0.5, 0.6) is 0 Å². The fourth-order valence-electron chi connectivity index (χ4n) is 2.68. The van der Waals surface area contributed by atoms with Gasteiger partial charge in [-0.15, -0.1) is 0 Å². The van der Waals surface area contributed by atoms with Crippen molar-refractivity contribution in [2.75, 3.05) is 19.6 Å². The topological polar surface area (TPSA) is 28.2 Å². The molecule has 0 spiro atoms. The molecule has 1 saturated heterocycles. The third-order valence-electron chi connectivity index (χ3n) is 3.48. The van der Waals surface area contributed by atoms with Gasteiger partial charge in [0.2, 0.25) is 0 Å². The van der Waals surface area contributed by atoms with E-state index in [9.17, 15) is 0 Å². The molecule has 1 aliphatic heterocycles. The average Bonchev–Trinajstić information content (AvgIpc) is 2.37. The lowest BCUT2D eigenvalue weighted by atomic mass is 10.0. The Morgan fingerprint density at radius 2 is 2.33 bits per heavy atom. The Balaban J connectivity index is 1.76. The first-order valence-electron chi connectivity index (χ1n) is 7.12. The minimum absolute atomic E-state index is 0.589. The van der Waals surface area contributed by atoms with Crippen LogP contribution in [0.4, 0.5) is 0 Å². The summed E-state index contributed by atoms with van der Waals surface area (Å²) in [6.45, 7) is 8.01. The number of rotatable bonds is 5. The first-order valence-corrected chi connectivity index (χ1v) is 7.12. The summed E-state index contributed by atoms with van der Waals surface area (Å²) in [6, 6.07) is 7.43. The van der Waals surface area contributed by atoms with Gasteiger partial charge in [-0.05, 0) is 31.5 Å². The third kappa shape index (κ3) is 4.39. The number of pyridine rings is 1. The maximum absolute atomic E-state index is 4.39. The van der Waals surface area contributed by atoms with E-state index in [1.54, 1.807) is 0 Å². The molecule has 0 amide bonds. The van der Waals surface area contributed by atoms with E-state index in [-0.39, 0.29) is 0 Å². The molecule has 100 valence electrons. The molecule has 1 atom stereocenters. The molecule has 1 unspecified atom stereocenters. The highest BCUT2D eigenvalue weighted by molar-refractivity contribution is 5.03. The Hall–Kier alpha value is -0.930. The maximum Gasteiger partial charge on any atom is 0.0416 e. The summed E-state index contributed by atoms with van der Waals surface area (Å²) in [7, 11) is 0. The van der Waals surface area contributed by atoms with Crippen molar-refractivity contribution in [3.63, 3.8) is 0 Å². The lowest BCUT2D eigenvalue weighted by Gasteiger charge is -2.34. The van der Waals surface area contributed by atoms with Crippen LogP contribution >= 0.6 is 0 Å². The van der Waals surface area contributed by atoms with E-state index in [4.69, 9.17) is 0 Å². The van der Waals surface area contributed by atoms with Crippen LogP contribution in [0.25, 0.3) is 0 Å². The predicted octanol–water partition coefficient (Wildman–Crippen LogP) is 2.09. The minimum atomic E-state index is 0.589. The lowest BCUT2D eigenvalue weighted by molar-refractivity contribution is 0.187. The van der Waals surface area contributed by atoms with E-state index >= 15 is 0 Å². The van der Waals surface area contributed by atoms with Gasteiger partial charge < -0.3 is 10.2 Å². The first-order chi connectivity index (χ1) is 8.74. The molecule has 2 rings (SSSR count). The van der Waals surface area contributed by atoms with Crippen molar-refractivity contribution in [1.82, 2.24) is 15.2 Å². The molecule has 1 N–H and O–H groups in total. The van der Waals surface area contributed by atoms with Crippen LogP contribution in [0.15, 0.2) is 24.4 Å². The van der Waals surface area contributed by atoms with E-state index in [2.05, 4.69) is 41.2 Å². The van der Waals surface area contributed by atoms with E-state index in [1.165, 1.54) is 31.6 Å². The fraction of sp³-hybridized carbons (Fsp3) is 0.667. The Morgan fingerprint density at radius 3 is 3.06 bits per heavy atom. The Labute approximate surface area is 111 Å². The van der Waals surface area contributed by atoms with Crippen molar-refractivity contribution in [1.29, 1.82) is 0 Å². The Morgan fingerprint density at radius 1 is 1.44 bits per heavy atom. The van der Waals surface area contributed by atoms with Gasteiger partial charge in [-0.3, -0.25) is 4.98 Å². The molecule has 0 bridgehead atoms. The van der Waals surface area contributed by atoms with Gasteiger partial charge in [0.05, 0.1) is 0 Å². The summed E-state index contributed by atoms with van der Waals surface area (Å²) >= 11 is 0. The second-order valence-electron chi connectivity index (χ2n) is 5.53. The van der Waals surface area contributed by atoms with E-state index in [1.807, 2.05) is 12.3 Å². The van der Waals surface area contributed by atoms with Crippen molar-refractivity contribution in [2.45, 2.75) is 45.2 Å². The summed E-state index contributed by atoms with van der Waals surface area (Å²) in [5.74, 6) is 0. The highest BCUT2D eigenvalue weighted by atomic mass is 15.2. The Kier molecular flexibility index (Phi) is 5.14. The fourth-order valence-corrected chi connectivity index (χ4v) is 2.68. The van der Waals surface area contributed by atoms with Crippen LogP contribution < -0.4 is 5.32 Å². The van der Waals surface area contributed by atoms with Crippen LogP contribution in [-0.2, 0) is 6.42 Å². The van der Waals surface area contributed by atoms with Crippen molar-refractivity contribution in [2.24, 2.45) is 0 Å². The second-order valence-corrected chi connectivity index (χ2v) is 5.53. The lowest BCUT2D eigenvalue weighted by Crippen LogP contribution is -2.48. The number of aromatic nitrogens is 1. The largest absolute Gasteiger partial charge is 0.311 e. The van der Waals surface area contributed by atoms with Gasteiger partial charge in [0.1, 0.15) is 0 Å². The van der Waals surface area contributed by atoms with Gasteiger partial charge in [0.15, 0.2) is 0 Å². The summed E-state index contributed by atoms with van der Waals surface area (Å²) in [5, 5.41) is 3.65. The molecule has 1 aliphatic rings. The molecule has 1 aromatic rings. The van der Waals surface area contributed by atoms with Crippen molar-refractivity contribution < 1.29 is 0 Å². The summed E-state index contributed by atoms with van der Waals surface area (Å²) in [4.78, 5) is 6.96. The molecule has 3 heteroatoms. The second kappa shape index (κ2) is 6.86. The zero-order valence-electron chi connectivity index (χ0n) is 11.6. The van der Waals surface area contributed by atoms with Crippen molar-refractivity contribution >= 4 is 0 Å². The standard InChI is InChI=1S/C15H25N3/c1-13(2)17-15-7-5-10-18(12-15)11-8-14-6-3-4-9-16-14/h3-4,6,9,13,15,17H,5,7-8,10-12H2,1-2H3. The van der Waals surface area contributed by atoms with Gasteiger partial charge in [0.25, 0.3) is 0 Å².